The van der Waals surface area contributed by atoms with Crippen molar-refractivity contribution < 1.29 is 14.3 Å². The van der Waals surface area contributed by atoms with Crippen molar-refractivity contribution in [3.05, 3.63) is 0 Å². The highest BCUT2D eigenvalue weighted by atomic mass is 16.5. The summed E-state index contributed by atoms with van der Waals surface area (Å²) >= 11 is 0. The van der Waals surface area contributed by atoms with Gasteiger partial charge in [-0.05, 0) is 18.8 Å². The van der Waals surface area contributed by atoms with Crippen LogP contribution in [0.3, 0.4) is 0 Å². The van der Waals surface area contributed by atoms with Crippen LogP contribution in [-0.4, -0.2) is 36.0 Å². The van der Waals surface area contributed by atoms with E-state index in [1.807, 2.05) is 0 Å². The van der Waals surface area contributed by atoms with Gasteiger partial charge in [-0.15, -0.1) is 0 Å². The van der Waals surface area contributed by atoms with Crippen molar-refractivity contribution in [3.8, 4) is 0 Å². The normalized spacial score (nSPS) is 35.5. The number of nitrogens with zero attached hydrogens (tertiary/aromatic N) is 1. The third-order valence-corrected chi connectivity index (χ3v) is 3.10. The summed E-state index contributed by atoms with van der Waals surface area (Å²) in [5, 5.41) is 0. The zero-order valence-corrected chi connectivity index (χ0v) is 7.82. The fraction of sp³-hybridized carbons (Fsp3) is 0.778. The van der Waals surface area contributed by atoms with Crippen molar-refractivity contribution >= 4 is 11.9 Å². The van der Waals surface area contributed by atoms with Gasteiger partial charge in [0.1, 0.15) is 6.04 Å². The Balaban J connectivity index is 2.17. The lowest BCUT2D eigenvalue weighted by Crippen LogP contribution is -2.40. The maximum atomic E-state index is 11.3. The minimum atomic E-state index is -0.299. The predicted octanol–water partition coefficient (Wildman–Crippen LogP) is 0.169. The molecule has 0 aromatic rings. The van der Waals surface area contributed by atoms with E-state index in [0.717, 1.165) is 12.8 Å². The number of esters is 1. The first-order valence-corrected chi connectivity index (χ1v) is 4.52. The fourth-order valence-corrected chi connectivity index (χ4v) is 2.45. The summed E-state index contributed by atoms with van der Waals surface area (Å²) in [6.07, 6.45) is 1.94. The Bertz CT molecular complexity index is 258. The van der Waals surface area contributed by atoms with Gasteiger partial charge in [0.2, 0.25) is 5.91 Å². The lowest BCUT2D eigenvalue weighted by atomic mass is 9.83. The van der Waals surface area contributed by atoms with Crippen LogP contribution in [0, 0.1) is 5.92 Å². The average molecular weight is 184 g/mol. The van der Waals surface area contributed by atoms with Crippen LogP contribution in [0.5, 0.6) is 0 Å². The maximum absolute atomic E-state index is 11.3. The molecule has 0 N–H and O–H groups in total. The third kappa shape index (κ3) is 1.04. The first kappa shape index (κ1) is 8.53. The Morgan fingerprint density at radius 1 is 1.38 bits per heavy atom. The van der Waals surface area contributed by atoms with Gasteiger partial charge >= 0.3 is 5.97 Å². The van der Waals surface area contributed by atoms with Crippen molar-refractivity contribution in [1.82, 2.24) is 4.90 Å². The molecule has 1 amide bonds. The van der Waals surface area contributed by atoms with Crippen LogP contribution in [0.2, 0.25) is 0 Å². The molecular formula is C9H13NO3. The molecule has 2 heterocycles. The van der Waals surface area contributed by atoms with Crippen molar-refractivity contribution in [3.63, 3.8) is 0 Å². The molecule has 0 unspecified atom stereocenters. The molecule has 0 spiro atoms. The summed E-state index contributed by atoms with van der Waals surface area (Å²) in [6.45, 7) is 1.51. The molecule has 3 fully saturated rings. The van der Waals surface area contributed by atoms with Crippen LogP contribution in [0.15, 0.2) is 0 Å². The van der Waals surface area contributed by atoms with Crippen LogP contribution in [0.4, 0.5) is 0 Å². The summed E-state index contributed by atoms with van der Waals surface area (Å²) in [6, 6.07) is -0.000833. The van der Waals surface area contributed by atoms with Crippen LogP contribution in [-0.2, 0) is 14.3 Å². The molecular weight excluding hydrogens is 171 g/mol. The van der Waals surface area contributed by atoms with E-state index in [-0.39, 0.29) is 17.9 Å². The van der Waals surface area contributed by atoms with Crippen LogP contribution >= 0.6 is 0 Å². The zero-order chi connectivity index (χ0) is 9.59. The molecule has 1 aliphatic carbocycles. The molecule has 4 heteroatoms. The molecule has 2 bridgehead atoms. The molecule has 1 atom stereocenters. The van der Waals surface area contributed by atoms with Gasteiger partial charge < -0.3 is 9.64 Å². The smallest absolute Gasteiger partial charge is 0.328 e. The Morgan fingerprint density at radius 3 is 2.46 bits per heavy atom. The van der Waals surface area contributed by atoms with E-state index in [9.17, 15) is 9.59 Å². The topological polar surface area (TPSA) is 46.6 Å². The molecule has 3 rings (SSSR count). The number of ether oxygens (including phenoxy) is 1. The standard InChI is InChI=1S/C9H13NO3/c1-5(11)10-7-3-6(4-7)8(10)9(12)13-2/h6-8H,3-4H2,1-2H3/t6?,7?,8-/m1/s1/i1+1. The lowest BCUT2D eigenvalue weighted by molar-refractivity contribution is -0.150. The highest BCUT2D eigenvalue weighted by Crippen LogP contribution is 2.46. The van der Waals surface area contributed by atoms with Crippen molar-refractivity contribution in [2.24, 2.45) is 5.92 Å². The van der Waals surface area contributed by atoms with Crippen LogP contribution in [0.1, 0.15) is 19.8 Å². The van der Waals surface area contributed by atoms with Crippen LogP contribution in [0.25, 0.3) is 0 Å². The van der Waals surface area contributed by atoms with Gasteiger partial charge in [-0.2, -0.15) is 0 Å². The second kappa shape index (κ2) is 2.72. The molecule has 3 aliphatic rings. The molecule has 0 aromatic carbocycles. The quantitative estimate of drug-likeness (QED) is 0.431. The number of carbonyl (C=O) groups is 2. The van der Waals surface area contributed by atoms with E-state index < -0.39 is 0 Å². The highest BCUT2D eigenvalue weighted by molar-refractivity contribution is 5.85. The zero-order valence-electron chi connectivity index (χ0n) is 7.82. The van der Waals surface area contributed by atoms with Gasteiger partial charge in [-0.3, -0.25) is 4.79 Å². The maximum Gasteiger partial charge on any atom is 0.328 e. The van der Waals surface area contributed by atoms with Crippen molar-refractivity contribution in [1.29, 1.82) is 0 Å². The molecule has 13 heavy (non-hydrogen) atoms. The number of rotatable bonds is 1. The van der Waals surface area contributed by atoms with E-state index in [0.29, 0.717) is 12.0 Å². The Hall–Kier alpha value is -1.06. The van der Waals surface area contributed by atoms with Gasteiger partial charge in [0, 0.05) is 13.0 Å². The number of fused-ring (bicyclic) bond motifs is 1. The summed E-state index contributed by atoms with van der Waals surface area (Å²) in [5.74, 6) is 0.0713. The highest BCUT2D eigenvalue weighted by Gasteiger charge is 2.55. The number of hydrogen-bond acceptors (Lipinski definition) is 3. The monoisotopic (exact) mass is 184 g/mol. The van der Waals surface area contributed by atoms with Gasteiger partial charge in [0.15, 0.2) is 0 Å². The van der Waals surface area contributed by atoms with E-state index >= 15 is 0 Å². The number of amides is 1. The molecule has 4 nitrogen and oxygen atoms in total. The molecule has 72 valence electrons. The van der Waals surface area contributed by atoms with E-state index in [1.54, 1.807) is 4.90 Å². The molecule has 0 aromatic heterocycles. The van der Waals surface area contributed by atoms with Crippen molar-refractivity contribution in [2.45, 2.75) is 31.8 Å². The fourth-order valence-electron chi connectivity index (χ4n) is 2.45. The number of carbonyl (C=O) groups excluding carboxylic acids is 2. The summed E-state index contributed by atoms with van der Waals surface area (Å²) in [4.78, 5) is 24.3. The SMILES string of the molecule is COC(=O)[C@H]1C2CC(C2)N1C([13CH3])=O. The second-order valence-corrected chi connectivity index (χ2v) is 3.78. The Morgan fingerprint density at radius 2 is 2.00 bits per heavy atom. The minimum Gasteiger partial charge on any atom is -0.467 e. The molecule has 2 saturated heterocycles. The molecule has 2 aliphatic heterocycles. The predicted molar refractivity (Wildman–Crippen MR) is 44.8 cm³/mol. The van der Waals surface area contributed by atoms with Crippen molar-refractivity contribution in [2.75, 3.05) is 7.11 Å². The van der Waals surface area contributed by atoms with Gasteiger partial charge in [-0.25, -0.2) is 4.79 Å². The number of methoxy groups -OCH3 is 1. The molecule has 0 radical (unpaired) electrons. The summed E-state index contributed by atoms with van der Waals surface area (Å²) < 4.78 is 4.68. The summed E-state index contributed by atoms with van der Waals surface area (Å²) in [7, 11) is 1.37. The van der Waals surface area contributed by atoms with Gasteiger partial charge in [-0.1, -0.05) is 0 Å². The number of hydrogen-bond donors (Lipinski definition) is 0. The minimum absolute atomic E-state index is 0.0135. The Kier molecular flexibility index (Phi) is 1.78. The van der Waals surface area contributed by atoms with E-state index in [4.69, 9.17) is 0 Å². The van der Waals surface area contributed by atoms with Gasteiger partial charge in [0.05, 0.1) is 7.11 Å². The Labute approximate surface area is 76.8 Å². The molecule has 1 saturated carbocycles. The largest absolute Gasteiger partial charge is 0.467 e. The first-order valence-electron chi connectivity index (χ1n) is 4.52. The lowest BCUT2D eigenvalue weighted by Gasteiger charge is -2.24. The second-order valence-electron chi connectivity index (χ2n) is 3.78. The average Bonchev–Trinajstić information content (AvgIpc) is 2.54. The van der Waals surface area contributed by atoms with E-state index in [1.165, 1.54) is 14.0 Å². The van der Waals surface area contributed by atoms with Gasteiger partial charge in [0.25, 0.3) is 0 Å². The first-order chi connectivity index (χ1) is 6.15. The van der Waals surface area contributed by atoms with Crippen LogP contribution < -0.4 is 0 Å². The third-order valence-electron chi connectivity index (χ3n) is 3.10. The summed E-state index contributed by atoms with van der Waals surface area (Å²) in [5.41, 5.74) is 0. The van der Waals surface area contributed by atoms with E-state index in [2.05, 4.69) is 4.74 Å².